The second-order valence-corrected chi connectivity index (χ2v) is 25.2. The molecule has 522 valence electrons. The average molecular weight is 1380 g/mol. The predicted molar refractivity (Wildman–Crippen MR) is 345 cm³/mol. The van der Waals surface area contributed by atoms with Crippen molar-refractivity contribution in [3.8, 4) is 5.75 Å². The maximum absolute atomic E-state index is 14.8. The number of phenols is 1. The summed E-state index contributed by atoms with van der Waals surface area (Å²) in [5.41, 5.74) is 16.7. The first-order chi connectivity index (χ1) is 44.4. The number of hydrogen-bond donors (Lipinski definition) is 16. The van der Waals surface area contributed by atoms with E-state index in [2.05, 4.69) is 63.8 Å². The van der Waals surface area contributed by atoms with E-state index in [1.54, 1.807) is 27.7 Å². The number of alkyl halides is 1. The molecule has 94 heavy (non-hydrogen) atoms. The van der Waals surface area contributed by atoms with Gasteiger partial charge >= 0.3 is 0 Å². The van der Waals surface area contributed by atoms with Gasteiger partial charge in [0, 0.05) is 57.5 Å². The normalized spacial score (nSPS) is 22.7. The van der Waals surface area contributed by atoms with Crippen molar-refractivity contribution in [2.45, 2.75) is 153 Å². The fourth-order valence-corrected chi connectivity index (χ4v) is 11.5. The number of halogens is 1. The third-order valence-corrected chi connectivity index (χ3v) is 16.9. The van der Waals surface area contributed by atoms with Crippen LogP contribution in [0.1, 0.15) is 98.0 Å². The van der Waals surface area contributed by atoms with Gasteiger partial charge in [-0.2, -0.15) is 0 Å². The SMILES string of the molecule is CC[C@H](C)[C@@H]1NC(=O)[C@H](Cc2ccc(O)cc2)NC(=O)[C@@H](NC(C)=O)CSCC(=O)N[C@@H](C(=O)NCCNC(=O)CCl)CCCNC(=O)CSC[C@@H](C(=O)N2CCC[C@H]2C(=O)N[C@@H](CC(C)C)C(=O)NCC(N)=O)NC(=O)[C@H](CC(N)=O)NC(=O)[C@H](CCC(N)=O)NC1=O. The number of carbonyl (C=O) groups is 16. The third-order valence-electron chi connectivity index (χ3n) is 14.6. The molecular weight excluding hydrogens is 1290 g/mol. The maximum Gasteiger partial charge on any atom is 0.246 e. The number of thioether (sulfide) groups is 2. The Morgan fingerprint density at radius 2 is 1.32 bits per heavy atom. The van der Waals surface area contributed by atoms with Gasteiger partial charge in [0.25, 0.3) is 0 Å². The molecular formula is C58H89ClN16O17S2. The summed E-state index contributed by atoms with van der Waals surface area (Å²) in [6.07, 6.45) is -1.57. The molecule has 10 atom stereocenters. The van der Waals surface area contributed by atoms with Gasteiger partial charge in [0.15, 0.2) is 0 Å². The second-order valence-electron chi connectivity index (χ2n) is 22.9. The Morgan fingerprint density at radius 1 is 0.691 bits per heavy atom. The fourth-order valence-electron chi connectivity index (χ4n) is 9.64. The van der Waals surface area contributed by atoms with Gasteiger partial charge in [-0.3, -0.25) is 76.7 Å². The smallest absolute Gasteiger partial charge is 0.246 e. The number of nitrogens with one attached hydrogen (secondary N) is 12. The van der Waals surface area contributed by atoms with Crippen LogP contribution in [0.15, 0.2) is 24.3 Å². The van der Waals surface area contributed by atoms with Gasteiger partial charge in [0.1, 0.15) is 66.0 Å². The van der Waals surface area contributed by atoms with E-state index in [1.165, 1.54) is 24.3 Å². The molecule has 0 bridgehead atoms. The molecule has 16 amide bonds. The molecule has 33 nitrogen and oxygen atoms in total. The van der Waals surface area contributed by atoms with E-state index in [1.807, 2.05) is 0 Å². The highest BCUT2D eigenvalue weighted by molar-refractivity contribution is 8.00. The molecule has 0 aromatic heterocycles. The summed E-state index contributed by atoms with van der Waals surface area (Å²) in [6.45, 7) is 7.20. The minimum absolute atomic E-state index is 0.0200. The Bertz CT molecular complexity index is 2880. The molecule has 0 saturated carbocycles. The molecule has 0 unspecified atom stereocenters. The number of primary amides is 3. The molecule has 1 aromatic carbocycles. The lowest BCUT2D eigenvalue weighted by Crippen LogP contribution is -2.61. The van der Waals surface area contributed by atoms with Crippen molar-refractivity contribution < 1.29 is 81.8 Å². The van der Waals surface area contributed by atoms with Crippen LogP contribution < -0.4 is 81.0 Å². The van der Waals surface area contributed by atoms with Crippen LogP contribution in [-0.2, 0) is 83.1 Å². The number of likely N-dealkylation sites (tertiary alicyclic amines) is 1. The number of phenolic OH excluding ortho intramolecular Hbond substituents is 1. The summed E-state index contributed by atoms with van der Waals surface area (Å²) in [4.78, 5) is 217. The van der Waals surface area contributed by atoms with Crippen molar-refractivity contribution in [1.29, 1.82) is 0 Å². The molecule has 0 aliphatic carbocycles. The lowest BCUT2D eigenvalue weighted by atomic mass is 9.96. The monoisotopic (exact) mass is 1380 g/mol. The minimum atomic E-state index is -1.92. The Kier molecular flexibility index (Phi) is 35.0. The van der Waals surface area contributed by atoms with Crippen molar-refractivity contribution in [2.24, 2.45) is 29.0 Å². The molecule has 19 N–H and O–H groups in total. The highest BCUT2D eigenvalue weighted by Gasteiger charge is 2.41. The Hall–Kier alpha value is -8.47. The van der Waals surface area contributed by atoms with Crippen molar-refractivity contribution in [3.63, 3.8) is 0 Å². The number of benzene rings is 1. The molecule has 2 fully saturated rings. The number of carbonyl (C=O) groups excluding carboxylic acids is 16. The summed E-state index contributed by atoms with van der Waals surface area (Å²) < 4.78 is 0. The molecule has 2 saturated heterocycles. The standard InChI is InChI=1S/C58H89ClN16O17S2/c1-6-31(4)49-57(91)69-36(15-16-43(60)78)52(86)71-39(23-44(61)79)53(87)73-41(58(92)75-20-8-10-42(75)56(90)72-37(21-30(2)3)51(85)66-25-45(62)80)27-94-28-47(82)63-17-7-9-35(50(84)65-19-18-64-46(81)24-59)68-48(83)29-93-26-40(67-32(5)76)55(89)70-38(54(88)74-49)22-33-11-13-34(77)14-12-33/h11-14,30-31,35-42,49,77H,6-10,15-29H2,1-5H3,(H2,60,78)(H2,61,79)(H2,62,80)(H,63,82)(H,64,81)(H,65,84)(H,66,85)(H,67,76)(H,68,83)(H,69,91)(H,70,89)(H,71,86)(H,72,90)(H,73,87)(H,74,88)/t31-,35+,36-,37-,38-,39-,40-,41-,42-,49-/m0/s1. The summed E-state index contributed by atoms with van der Waals surface area (Å²) >= 11 is 7.27. The Labute approximate surface area is 557 Å². The van der Waals surface area contributed by atoms with E-state index in [4.69, 9.17) is 28.8 Å². The van der Waals surface area contributed by atoms with Gasteiger partial charge in [0.2, 0.25) is 94.5 Å². The first-order valence-electron chi connectivity index (χ1n) is 30.5. The van der Waals surface area contributed by atoms with Crippen molar-refractivity contribution in [1.82, 2.24) is 68.7 Å². The molecule has 1 aromatic rings. The molecule has 2 aliphatic rings. The van der Waals surface area contributed by atoms with E-state index in [0.29, 0.717) is 5.56 Å². The van der Waals surface area contributed by atoms with Gasteiger partial charge in [-0.1, -0.05) is 46.2 Å². The summed E-state index contributed by atoms with van der Waals surface area (Å²) in [5, 5.41) is 40.6. The van der Waals surface area contributed by atoms with Crippen LogP contribution in [-0.4, -0.2) is 221 Å². The highest BCUT2D eigenvalue weighted by atomic mass is 35.5. The van der Waals surface area contributed by atoms with Crippen LogP contribution in [0.5, 0.6) is 5.75 Å². The number of nitrogens with zero attached hydrogens (tertiary/aromatic N) is 1. The number of aromatic hydroxyl groups is 1. The van der Waals surface area contributed by atoms with Crippen LogP contribution in [0.4, 0.5) is 0 Å². The Morgan fingerprint density at radius 3 is 1.95 bits per heavy atom. The first-order valence-corrected chi connectivity index (χ1v) is 33.4. The largest absolute Gasteiger partial charge is 0.508 e. The van der Waals surface area contributed by atoms with E-state index >= 15 is 0 Å². The first kappa shape index (κ1) is 79.8. The minimum Gasteiger partial charge on any atom is -0.508 e. The molecule has 2 aliphatic heterocycles. The van der Waals surface area contributed by atoms with E-state index in [-0.39, 0.29) is 106 Å². The van der Waals surface area contributed by atoms with E-state index in [0.717, 1.165) is 35.3 Å². The van der Waals surface area contributed by atoms with Crippen LogP contribution in [0.3, 0.4) is 0 Å². The summed E-state index contributed by atoms with van der Waals surface area (Å²) in [5.74, 6) is -16.5. The average Bonchev–Trinajstić information content (AvgIpc) is 1.60. The number of rotatable bonds is 23. The van der Waals surface area contributed by atoms with E-state index < -0.39 is 186 Å². The molecule has 0 radical (unpaired) electrons. The zero-order valence-electron chi connectivity index (χ0n) is 53.2. The third kappa shape index (κ3) is 29.2. The molecule has 36 heteroatoms. The van der Waals surface area contributed by atoms with Crippen LogP contribution >= 0.6 is 35.1 Å². The lowest BCUT2D eigenvalue weighted by molar-refractivity contribution is -0.142. The highest BCUT2D eigenvalue weighted by Crippen LogP contribution is 2.22. The van der Waals surface area contributed by atoms with Gasteiger partial charge in [-0.25, -0.2) is 0 Å². The molecule has 3 rings (SSSR count). The predicted octanol–water partition coefficient (Wildman–Crippen LogP) is -5.49. The zero-order valence-corrected chi connectivity index (χ0v) is 55.5. The van der Waals surface area contributed by atoms with Crippen LogP contribution in [0.2, 0.25) is 0 Å². The van der Waals surface area contributed by atoms with Gasteiger partial charge < -0.3 is 91.0 Å². The van der Waals surface area contributed by atoms with Gasteiger partial charge in [0.05, 0.1) is 24.5 Å². The van der Waals surface area contributed by atoms with Crippen LogP contribution in [0, 0.1) is 11.8 Å². The van der Waals surface area contributed by atoms with Crippen molar-refractivity contribution >= 4 is 130 Å². The van der Waals surface area contributed by atoms with Crippen LogP contribution in [0.25, 0.3) is 0 Å². The summed E-state index contributed by atoms with van der Waals surface area (Å²) in [6, 6.07) is -7.82. The quantitative estimate of drug-likeness (QED) is 0.0359. The second kappa shape index (κ2) is 41.3. The number of nitrogens with two attached hydrogens (primary N) is 3. The van der Waals surface area contributed by atoms with Gasteiger partial charge in [-0.05, 0) is 68.1 Å². The topological polar surface area (TPSA) is 519 Å². The van der Waals surface area contributed by atoms with Crippen molar-refractivity contribution in [2.75, 3.05) is 61.6 Å². The number of amides is 16. The van der Waals surface area contributed by atoms with Crippen molar-refractivity contribution in [3.05, 3.63) is 29.8 Å². The molecule has 2 heterocycles. The fraction of sp³-hybridized carbons (Fsp3) is 0.621. The lowest BCUT2D eigenvalue weighted by Gasteiger charge is -2.31. The Balaban J connectivity index is 2.16. The van der Waals surface area contributed by atoms with E-state index in [9.17, 15) is 81.8 Å². The summed E-state index contributed by atoms with van der Waals surface area (Å²) in [7, 11) is 0. The number of hydrogen-bond acceptors (Lipinski definition) is 19. The molecule has 0 spiro atoms. The van der Waals surface area contributed by atoms with Gasteiger partial charge in [-0.15, -0.1) is 35.1 Å². The zero-order chi connectivity index (χ0) is 70.2. The maximum atomic E-state index is 14.8.